The molecule has 0 unspecified atom stereocenters. The lowest BCUT2D eigenvalue weighted by Gasteiger charge is -2.04. The molecule has 2 aromatic heterocycles. The molecule has 0 aliphatic carbocycles. The van der Waals surface area contributed by atoms with E-state index in [1.165, 1.54) is 0 Å². The number of nitrogens with one attached hydrogen (secondary N) is 2. The first kappa shape index (κ1) is 13.2. The Hall–Kier alpha value is -2.47. The van der Waals surface area contributed by atoms with Gasteiger partial charge in [-0.05, 0) is 24.3 Å². The molecule has 0 atom stereocenters. The Morgan fingerprint density at radius 3 is 2.86 bits per heavy atom. The monoisotopic (exact) mass is 310 g/mol. The summed E-state index contributed by atoms with van der Waals surface area (Å²) in [4.78, 5) is 15.3. The average molecular weight is 310 g/mol. The number of aromatic nitrogens is 4. The molecule has 5 nitrogen and oxygen atoms in total. The van der Waals surface area contributed by atoms with Crippen molar-refractivity contribution in [2.75, 3.05) is 12.4 Å². The zero-order valence-corrected chi connectivity index (χ0v) is 12.6. The van der Waals surface area contributed by atoms with Gasteiger partial charge in [-0.1, -0.05) is 30.0 Å². The Morgan fingerprint density at radius 2 is 1.95 bits per heavy atom. The zero-order valence-electron chi connectivity index (χ0n) is 11.7. The van der Waals surface area contributed by atoms with Crippen LogP contribution < -0.4 is 4.74 Å². The van der Waals surface area contributed by atoms with Crippen molar-refractivity contribution in [3.63, 3.8) is 0 Å². The zero-order chi connectivity index (χ0) is 14.8. The summed E-state index contributed by atoms with van der Waals surface area (Å²) in [5.41, 5.74) is 3.90. The minimum absolute atomic E-state index is 0.647. The van der Waals surface area contributed by atoms with Gasteiger partial charge in [-0.15, -0.1) is 0 Å². The van der Waals surface area contributed by atoms with Crippen LogP contribution in [0, 0.1) is 0 Å². The van der Waals surface area contributed by atoms with Gasteiger partial charge in [0.05, 0.1) is 35.0 Å². The van der Waals surface area contributed by atoms with Gasteiger partial charge >= 0.3 is 0 Å². The molecule has 6 heteroatoms. The van der Waals surface area contributed by atoms with Crippen LogP contribution in [0.5, 0.6) is 5.75 Å². The number of thioether (sulfide) groups is 1. The molecule has 110 valence electrons. The van der Waals surface area contributed by atoms with Crippen molar-refractivity contribution in [2.24, 2.45) is 0 Å². The maximum atomic E-state index is 5.67. The van der Waals surface area contributed by atoms with Gasteiger partial charge in [-0.25, -0.2) is 9.97 Å². The normalized spacial score (nSPS) is 11.3. The van der Waals surface area contributed by atoms with Crippen LogP contribution >= 0.6 is 11.8 Å². The lowest BCUT2D eigenvalue weighted by atomic mass is 10.3. The van der Waals surface area contributed by atoms with Crippen molar-refractivity contribution in [1.82, 2.24) is 19.9 Å². The van der Waals surface area contributed by atoms with Crippen molar-refractivity contribution >= 4 is 33.8 Å². The minimum atomic E-state index is 0.647. The highest BCUT2D eigenvalue weighted by atomic mass is 32.2. The topological polar surface area (TPSA) is 66.6 Å². The molecule has 2 N–H and O–H groups in total. The molecular formula is C16H14N4OS. The number of fused-ring (bicyclic) bond motifs is 2. The number of para-hydroxylation sites is 1. The van der Waals surface area contributed by atoms with Crippen LogP contribution in [0.4, 0.5) is 0 Å². The number of rotatable bonds is 5. The van der Waals surface area contributed by atoms with E-state index in [4.69, 9.17) is 4.74 Å². The average Bonchev–Trinajstić information content (AvgIpc) is 3.15. The van der Waals surface area contributed by atoms with Gasteiger partial charge in [0.1, 0.15) is 5.75 Å². The SMILES string of the molecule is c1ccc(OCCSc2nc3cc4nc[nH]c4cc3[nH]2)cc1. The maximum absolute atomic E-state index is 5.67. The third-order valence-electron chi connectivity index (χ3n) is 3.34. The van der Waals surface area contributed by atoms with Crippen LogP contribution in [0.1, 0.15) is 0 Å². The Bertz CT molecular complexity index is 852. The Labute approximate surface area is 131 Å². The highest BCUT2D eigenvalue weighted by Gasteiger charge is 2.06. The summed E-state index contributed by atoms with van der Waals surface area (Å²) in [5, 5.41) is 0.902. The first-order chi connectivity index (χ1) is 10.9. The van der Waals surface area contributed by atoms with E-state index in [9.17, 15) is 0 Å². The van der Waals surface area contributed by atoms with Crippen molar-refractivity contribution < 1.29 is 4.74 Å². The van der Waals surface area contributed by atoms with Gasteiger partial charge in [-0.2, -0.15) is 0 Å². The van der Waals surface area contributed by atoms with Crippen molar-refractivity contribution in [1.29, 1.82) is 0 Å². The van der Waals surface area contributed by atoms with Crippen LogP contribution in [0.2, 0.25) is 0 Å². The first-order valence-corrected chi connectivity index (χ1v) is 8.00. The van der Waals surface area contributed by atoms with E-state index in [-0.39, 0.29) is 0 Å². The Morgan fingerprint density at radius 1 is 1.05 bits per heavy atom. The minimum Gasteiger partial charge on any atom is -0.493 e. The van der Waals surface area contributed by atoms with Crippen LogP contribution in [-0.4, -0.2) is 32.3 Å². The molecule has 22 heavy (non-hydrogen) atoms. The molecule has 2 heterocycles. The molecular weight excluding hydrogens is 296 g/mol. The second-order valence-corrected chi connectivity index (χ2v) is 5.92. The summed E-state index contributed by atoms with van der Waals surface area (Å²) in [6.07, 6.45) is 1.69. The van der Waals surface area contributed by atoms with Gasteiger partial charge in [0.2, 0.25) is 0 Å². The highest BCUT2D eigenvalue weighted by molar-refractivity contribution is 7.99. The number of hydrogen-bond donors (Lipinski definition) is 2. The van der Waals surface area contributed by atoms with Gasteiger partial charge < -0.3 is 14.7 Å². The van der Waals surface area contributed by atoms with E-state index in [0.29, 0.717) is 6.61 Å². The van der Waals surface area contributed by atoms with E-state index >= 15 is 0 Å². The van der Waals surface area contributed by atoms with E-state index in [0.717, 1.165) is 38.7 Å². The molecule has 0 saturated heterocycles. The standard InChI is InChI=1S/C16H14N4OS/c1-2-4-11(5-3-1)21-6-7-22-16-19-14-8-12-13(18-10-17-12)9-15(14)20-16/h1-5,8-10H,6-7H2,(H,17,18)(H,19,20). The smallest absolute Gasteiger partial charge is 0.166 e. The van der Waals surface area contributed by atoms with Crippen LogP contribution in [0.3, 0.4) is 0 Å². The first-order valence-electron chi connectivity index (χ1n) is 7.02. The number of imidazole rings is 2. The van der Waals surface area contributed by atoms with E-state index in [1.807, 2.05) is 42.5 Å². The lowest BCUT2D eigenvalue weighted by molar-refractivity contribution is 0.344. The molecule has 0 saturated carbocycles. The summed E-state index contributed by atoms with van der Waals surface area (Å²) in [6.45, 7) is 0.647. The summed E-state index contributed by atoms with van der Waals surface area (Å²) < 4.78 is 5.67. The summed E-state index contributed by atoms with van der Waals surface area (Å²) in [5.74, 6) is 1.73. The van der Waals surface area contributed by atoms with E-state index in [1.54, 1.807) is 18.1 Å². The lowest BCUT2D eigenvalue weighted by Crippen LogP contribution is -1.99. The molecule has 4 rings (SSSR count). The quantitative estimate of drug-likeness (QED) is 0.436. The van der Waals surface area contributed by atoms with Gasteiger partial charge in [0.15, 0.2) is 5.16 Å². The highest BCUT2D eigenvalue weighted by Crippen LogP contribution is 2.23. The molecule has 0 radical (unpaired) electrons. The molecule has 0 aliphatic rings. The fourth-order valence-corrected chi connectivity index (χ4v) is 3.00. The number of ether oxygens (including phenoxy) is 1. The second kappa shape index (κ2) is 5.73. The maximum Gasteiger partial charge on any atom is 0.166 e. The molecule has 0 amide bonds. The molecule has 0 spiro atoms. The van der Waals surface area contributed by atoms with Crippen molar-refractivity contribution in [3.8, 4) is 5.75 Å². The predicted molar refractivity (Wildman–Crippen MR) is 88.4 cm³/mol. The fourth-order valence-electron chi connectivity index (χ4n) is 2.30. The van der Waals surface area contributed by atoms with Crippen LogP contribution in [0.15, 0.2) is 53.9 Å². The third-order valence-corrected chi connectivity index (χ3v) is 4.17. The largest absolute Gasteiger partial charge is 0.493 e. The molecule has 0 fully saturated rings. The van der Waals surface area contributed by atoms with Gasteiger partial charge in [0, 0.05) is 5.75 Å². The summed E-state index contributed by atoms with van der Waals surface area (Å²) in [7, 11) is 0. The number of nitrogens with zero attached hydrogens (tertiary/aromatic N) is 2. The molecule has 2 aromatic carbocycles. The molecule has 0 aliphatic heterocycles. The van der Waals surface area contributed by atoms with E-state index < -0.39 is 0 Å². The summed E-state index contributed by atoms with van der Waals surface area (Å²) in [6, 6.07) is 13.9. The van der Waals surface area contributed by atoms with Crippen molar-refractivity contribution in [2.45, 2.75) is 5.16 Å². The number of aromatic amines is 2. The van der Waals surface area contributed by atoms with Crippen molar-refractivity contribution in [3.05, 3.63) is 48.8 Å². The van der Waals surface area contributed by atoms with Gasteiger partial charge in [0.25, 0.3) is 0 Å². The van der Waals surface area contributed by atoms with Crippen LogP contribution in [-0.2, 0) is 0 Å². The third kappa shape index (κ3) is 2.65. The molecule has 4 aromatic rings. The predicted octanol–water partition coefficient (Wildman–Crippen LogP) is 3.61. The van der Waals surface area contributed by atoms with E-state index in [2.05, 4.69) is 19.9 Å². The number of H-pyrrole nitrogens is 2. The second-order valence-electron chi connectivity index (χ2n) is 4.84. The van der Waals surface area contributed by atoms with Gasteiger partial charge in [-0.3, -0.25) is 0 Å². The Kier molecular flexibility index (Phi) is 3.44. The fraction of sp³-hybridized carbons (Fsp3) is 0.125. The Balaban J connectivity index is 1.41. The molecule has 0 bridgehead atoms. The number of hydrogen-bond acceptors (Lipinski definition) is 4. The number of benzene rings is 2. The summed E-state index contributed by atoms with van der Waals surface area (Å²) >= 11 is 1.65. The van der Waals surface area contributed by atoms with Crippen LogP contribution in [0.25, 0.3) is 22.1 Å².